The minimum absolute atomic E-state index is 0.0162. The Kier molecular flexibility index (Phi) is 40.5. The van der Waals surface area contributed by atoms with Gasteiger partial charge in [0, 0.05) is 6.42 Å². The maximum Gasteiger partial charge on any atom is 0.268 e. The van der Waals surface area contributed by atoms with E-state index in [2.05, 4.69) is 19.2 Å². The Bertz CT molecular complexity index is 901. The average Bonchev–Trinajstić information content (AvgIpc) is 3.16. The third-order valence-corrected chi connectivity index (χ3v) is 12.6. The van der Waals surface area contributed by atoms with Crippen LogP contribution in [0.25, 0.3) is 0 Å². The Morgan fingerprint density at radius 3 is 1.19 bits per heavy atom. The molecule has 0 bridgehead atoms. The van der Waals surface area contributed by atoms with Crippen LogP contribution in [0.15, 0.2) is 0 Å². The van der Waals surface area contributed by atoms with Crippen LogP contribution in [0.5, 0.6) is 0 Å². The van der Waals surface area contributed by atoms with Gasteiger partial charge in [0.25, 0.3) is 7.82 Å². The standard InChI is InChI=1S/C48H99N2O6P/c1-6-8-10-12-14-16-18-20-21-22-23-24-25-26-27-28-29-30-31-33-35-37-39-41-47(51)46(45-56-57(53,54)55-44-43-50(3,4)5)49-48(52)42-40-38-36-34-32-19-17-15-13-11-9-7-2/h46-47,51H,6-45H2,1-5H3,(H-,49,52,53,54). The Hall–Kier alpha value is -0.500. The first-order valence-corrected chi connectivity index (χ1v) is 26.3. The molecule has 9 heteroatoms. The molecule has 0 aromatic heterocycles. The minimum atomic E-state index is -4.56. The van der Waals surface area contributed by atoms with E-state index < -0.39 is 20.0 Å². The summed E-state index contributed by atoms with van der Waals surface area (Å²) in [6.07, 6.45) is 45.4. The first-order chi connectivity index (χ1) is 27.5. The molecule has 3 unspecified atom stereocenters. The van der Waals surface area contributed by atoms with Crippen LogP contribution in [-0.2, 0) is 18.4 Å². The zero-order chi connectivity index (χ0) is 42.1. The van der Waals surface area contributed by atoms with Gasteiger partial charge in [-0.3, -0.25) is 9.36 Å². The van der Waals surface area contributed by atoms with Gasteiger partial charge in [-0.25, -0.2) is 0 Å². The van der Waals surface area contributed by atoms with Gasteiger partial charge in [0.1, 0.15) is 13.2 Å². The molecule has 0 aliphatic heterocycles. The number of nitrogens with one attached hydrogen (secondary N) is 1. The van der Waals surface area contributed by atoms with Gasteiger partial charge in [-0.15, -0.1) is 0 Å². The van der Waals surface area contributed by atoms with Crippen molar-refractivity contribution < 1.29 is 32.9 Å². The number of hydrogen-bond acceptors (Lipinski definition) is 6. The maximum atomic E-state index is 12.9. The summed E-state index contributed by atoms with van der Waals surface area (Å²) in [6, 6.07) is -0.793. The highest BCUT2D eigenvalue weighted by atomic mass is 31.2. The van der Waals surface area contributed by atoms with E-state index in [9.17, 15) is 19.4 Å². The highest BCUT2D eigenvalue weighted by Gasteiger charge is 2.24. The van der Waals surface area contributed by atoms with Gasteiger partial charge < -0.3 is 28.8 Å². The summed E-state index contributed by atoms with van der Waals surface area (Å²) < 4.78 is 23.3. The number of rotatable bonds is 46. The topological polar surface area (TPSA) is 108 Å². The zero-order valence-electron chi connectivity index (χ0n) is 38.8. The maximum absolute atomic E-state index is 12.9. The second-order valence-electron chi connectivity index (χ2n) is 18.5. The molecule has 0 rings (SSSR count). The number of hydrogen-bond donors (Lipinski definition) is 2. The molecule has 1 amide bonds. The highest BCUT2D eigenvalue weighted by Crippen LogP contribution is 2.38. The highest BCUT2D eigenvalue weighted by molar-refractivity contribution is 7.45. The van der Waals surface area contributed by atoms with Crippen LogP contribution in [0.1, 0.15) is 251 Å². The molecule has 0 heterocycles. The van der Waals surface area contributed by atoms with E-state index in [-0.39, 0.29) is 19.1 Å². The van der Waals surface area contributed by atoms with Crippen molar-refractivity contribution in [1.29, 1.82) is 0 Å². The van der Waals surface area contributed by atoms with Crippen LogP contribution >= 0.6 is 7.82 Å². The summed E-state index contributed by atoms with van der Waals surface area (Å²) in [5, 5.41) is 13.9. The van der Waals surface area contributed by atoms with Crippen LogP contribution in [0.2, 0.25) is 0 Å². The molecule has 342 valence electrons. The number of phosphoric ester groups is 1. The molecule has 2 N–H and O–H groups in total. The first-order valence-electron chi connectivity index (χ1n) is 24.9. The molecule has 0 radical (unpaired) electrons. The lowest BCUT2D eigenvalue weighted by Gasteiger charge is -2.30. The number of phosphoric acid groups is 1. The van der Waals surface area contributed by atoms with Crippen molar-refractivity contribution in [3.05, 3.63) is 0 Å². The second-order valence-corrected chi connectivity index (χ2v) is 19.9. The van der Waals surface area contributed by atoms with Crippen molar-refractivity contribution in [2.75, 3.05) is 40.9 Å². The first kappa shape index (κ1) is 56.5. The van der Waals surface area contributed by atoms with Crippen molar-refractivity contribution in [2.24, 2.45) is 0 Å². The lowest BCUT2D eigenvalue weighted by molar-refractivity contribution is -0.870. The number of nitrogens with zero attached hydrogens (tertiary/aromatic N) is 1. The minimum Gasteiger partial charge on any atom is -0.756 e. The molecule has 0 aliphatic rings. The van der Waals surface area contributed by atoms with Gasteiger partial charge >= 0.3 is 0 Å². The Balaban J connectivity index is 4.17. The summed E-state index contributed by atoms with van der Waals surface area (Å²) >= 11 is 0. The molecule has 0 fully saturated rings. The van der Waals surface area contributed by atoms with E-state index >= 15 is 0 Å². The molecule has 0 aromatic rings. The predicted molar refractivity (Wildman–Crippen MR) is 243 cm³/mol. The van der Waals surface area contributed by atoms with Gasteiger partial charge in [-0.2, -0.15) is 0 Å². The lowest BCUT2D eigenvalue weighted by Crippen LogP contribution is -2.46. The Morgan fingerprint density at radius 1 is 0.544 bits per heavy atom. The molecular formula is C48H99N2O6P. The van der Waals surface area contributed by atoms with Gasteiger partial charge in [-0.05, 0) is 12.8 Å². The van der Waals surface area contributed by atoms with E-state index in [0.29, 0.717) is 23.9 Å². The number of aliphatic hydroxyl groups excluding tert-OH is 1. The van der Waals surface area contributed by atoms with E-state index in [4.69, 9.17) is 9.05 Å². The molecule has 8 nitrogen and oxygen atoms in total. The lowest BCUT2D eigenvalue weighted by atomic mass is 10.0. The monoisotopic (exact) mass is 831 g/mol. The molecule has 0 spiro atoms. The van der Waals surface area contributed by atoms with Gasteiger partial charge in [0.2, 0.25) is 5.91 Å². The fraction of sp³-hybridized carbons (Fsp3) is 0.979. The van der Waals surface area contributed by atoms with E-state index in [1.807, 2.05) is 21.1 Å². The van der Waals surface area contributed by atoms with Gasteiger partial charge in [-0.1, -0.05) is 232 Å². The van der Waals surface area contributed by atoms with Crippen LogP contribution < -0.4 is 10.2 Å². The van der Waals surface area contributed by atoms with E-state index in [1.165, 1.54) is 186 Å². The molecule has 0 saturated carbocycles. The molecule has 0 aromatic carbocycles. The summed E-state index contributed by atoms with van der Waals surface area (Å²) in [6.45, 7) is 4.75. The fourth-order valence-electron chi connectivity index (χ4n) is 7.63. The van der Waals surface area contributed by atoms with Gasteiger partial charge in [0.15, 0.2) is 0 Å². The van der Waals surface area contributed by atoms with Crippen molar-refractivity contribution >= 4 is 13.7 Å². The largest absolute Gasteiger partial charge is 0.756 e. The predicted octanol–water partition coefficient (Wildman–Crippen LogP) is 13.5. The summed E-state index contributed by atoms with van der Waals surface area (Å²) in [4.78, 5) is 25.3. The zero-order valence-corrected chi connectivity index (χ0v) is 39.7. The smallest absolute Gasteiger partial charge is 0.268 e. The number of carbonyl (C=O) groups is 1. The van der Waals surface area contributed by atoms with E-state index in [1.54, 1.807) is 0 Å². The Morgan fingerprint density at radius 2 is 0.860 bits per heavy atom. The second kappa shape index (κ2) is 40.9. The third kappa shape index (κ3) is 43.4. The quantitative estimate of drug-likeness (QED) is 0.0359. The number of amides is 1. The number of likely N-dealkylation sites (N-methyl/N-ethyl adjacent to an activating group) is 1. The SMILES string of the molecule is CCCCCCCCCCCCCCCCCCCCCCCCCC(O)C(COP(=O)([O-])OCC[N+](C)(C)C)NC(=O)CCCCCCCCCCCCCC. The van der Waals surface area contributed by atoms with Crippen LogP contribution in [0.4, 0.5) is 0 Å². The fourth-order valence-corrected chi connectivity index (χ4v) is 8.35. The third-order valence-electron chi connectivity index (χ3n) is 11.6. The van der Waals surface area contributed by atoms with Crippen molar-refractivity contribution in [3.8, 4) is 0 Å². The number of quaternary nitrogens is 1. The van der Waals surface area contributed by atoms with Crippen LogP contribution in [0, 0.1) is 0 Å². The normalized spacial score (nSPS) is 14.2. The number of carbonyl (C=O) groups excluding carboxylic acids is 1. The molecule has 57 heavy (non-hydrogen) atoms. The summed E-state index contributed by atoms with van der Waals surface area (Å²) in [7, 11) is 1.32. The average molecular weight is 831 g/mol. The Labute approximate surface area is 355 Å². The van der Waals surface area contributed by atoms with Crippen LogP contribution in [0.3, 0.4) is 0 Å². The molecule has 0 aliphatic carbocycles. The molecule has 0 saturated heterocycles. The van der Waals surface area contributed by atoms with Crippen molar-refractivity contribution in [2.45, 2.75) is 264 Å². The van der Waals surface area contributed by atoms with Crippen molar-refractivity contribution in [1.82, 2.24) is 5.32 Å². The number of unbranched alkanes of at least 4 members (excludes halogenated alkanes) is 33. The van der Waals surface area contributed by atoms with E-state index in [0.717, 1.165) is 38.5 Å². The molecule has 3 atom stereocenters. The summed E-state index contributed by atoms with van der Waals surface area (Å²) in [5.74, 6) is -0.161. The summed E-state index contributed by atoms with van der Waals surface area (Å²) in [5.41, 5.74) is 0. The molecular weight excluding hydrogens is 732 g/mol. The van der Waals surface area contributed by atoms with Gasteiger partial charge in [0.05, 0.1) is 39.9 Å². The van der Waals surface area contributed by atoms with Crippen molar-refractivity contribution in [3.63, 3.8) is 0 Å². The van der Waals surface area contributed by atoms with Crippen LogP contribution in [-0.4, -0.2) is 68.5 Å². The number of aliphatic hydroxyl groups is 1.